The smallest absolute Gasteiger partial charge is 0.246 e. The van der Waals surface area contributed by atoms with Crippen molar-refractivity contribution in [3.8, 4) is 22.5 Å². The van der Waals surface area contributed by atoms with Gasteiger partial charge in [0.05, 0.1) is 6.04 Å². The summed E-state index contributed by atoms with van der Waals surface area (Å²) in [5.74, 6) is -13.5. The minimum absolute atomic E-state index is 0.0933. The first-order valence-corrected chi connectivity index (χ1v) is 12.2. The van der Waals surface area contributed by atoms with E-state index in [4.69, 9.17) is 0 Å². The molecule has 7 nitrogen and oxygen atoms in total. The van der Waals surface area contributed by atoms with E-state index in [1.54, 1.807) is 24.3 Å². The second-order valence-electron chi connectivity index (χ2n) is 9.39. The highest BCUT2D eigenvalue weighted by atomic mass is 19.4. The van der Waals surface area contributed by atoms with Crippen LogP contribution < -0.4 is 0 Å². The zero-order chi connectivity index (χ0) is 27.8. The van der Waals surface area contributed by atoms with E-state index in [-0.39, 0.29) is 12.2 Å². The third-order valence-electron chi connectivity index (χ3n) is 6.79. The van der Waals surface area contributed by atoms with Gasteiger partial charge in [-0.05, 0) is 34.7 Å². The van der Waals surface area contributed by atoms with Gasteiger partial charge in [0.1, 0.15) is 5.82 Å². The number of tetrazole rings is 1. The molecule has 2 aromatic heterocycles. The van der Waals surface area contributed by atoms with E-state index in [1.807, 2.05) is 24.3 Å². The Hall–Kier alpha value is -3.84. The zero-order valence-electron chi connectivity index (χ0n) is 20.3. The van der Waals surface area contributed by atoms with Crippen molar-refractivity contribution in [1.82, 2.24) is 35.4 Å². The van der Waals surface area contributed by atoms with E-state index in [0.29, 0.717) is 29.8 Å². The van der Waals surface area contributed by atoms with Crippen LogP contribution in [0.5, 0.6) is 0 Å². The Morgan fingerprint density at radius 1 is 0.846 bits per heavy atom. The Bertz CT molecular complexity index is 1410. The summed E-state index contributed by atoms with van der Waals surface area (Å²) in [5, 5.41) is 17.5. The summed E-state index contributed by atoms with van der Waals surface area (Å²) < 4.78 is 96.1. The monoisotopic (exact) mass is 553 g/mol. The SMILES string of the molecule is FC(F)(F)C(F)(F)C(F)(F)c1nc(Cc2ccc(-c3ccccc3-c3nn[nH]n3)cc2)n(C2CCCCC2)n1. The van der Waals surface area contributed by atoms with Gasteiger partial charge >= 0.3 is 18.0 Å². The van der Waals surface area contributed by atoms with Crippen LogP contribution in [-0.4, -0.2) is 47.5 Å². The number of halogens is 7. The number of nitrogens with zero attached hydrogens (tertiary/aromatic N) is 6. The van der Waals surface area contributed by atoms with Crippen LogP contribution >= 0.6 is 0 Å². The van der Waals surface area contributed by atoms with Gasteiger partial charge in [-0.1, -0.05) is 67.8 Å². The predicted molar refractivity (Wildman–Crippen MR) is 125 cm³/mol. The van der Waals surface area contributed by atoms with Crippen LogP contribution in [0.1, 0.15) is 55.4 Å². The normalized spacial score (nSPS) is 15.6. The first-order chi connectivity index (χ1) is 18.5. The van der Waals surface area contributed by atoms with E-state index in [0.717, 1.165) is 35.1 Å². The van der Waals surface area contributed by atoms with Gasteiger partial charge in [0.25, 0.3) is 0 Å². The zero-order valence-corrected chi connectivity index (χ0v) is 20.3. The predicted octanol–water partition coefficient (Wildman–Crippen LogP) is 6.51. The summed E-state index contributed by atoms with van der Waals surface area (Å²) in [6.07, 6.45) is -3.09. The maximum Gasteiger partial charge on any atom is 0.460 e. The van der Waals surface area contributed by atoms with Crippen LogP contribution in [-0.2, 0) is 12.3 Å². The molecule has 0 saturated heterocycles. The average molecular weight is 553 g/mol. The van der Waals surface area contributed by atoms with Gasteiger partial charge < -0.3 is 0 Å². The topological polar surface area (TPSA) is 85.2 Å². The molecule has 206 valence electrons. The quantitative estimate of drug-likeness (QED) is 0.264. The molecule has 0 radical (unpaired) electrons. The molecule has 39 heavy (non-hydrogen) atoms. The highest BCUT2D eigenvalue weighted by Crippen LogP contribution is 2.51. The van der Waals surface area contributed by atoms with Crippen molar-refractivity contribution in [1.29, 1.82) is 0 Å². The number of H-pyrrole nitrogens is 1. The summed E-state index contributed by atoms with van der Waals surface area (Å²) in [4.78, 5) is 3.56. The van der Waals surface area contributed by atoms with Crippen molar-refractivity contribution >= 4 is 0 Å². The number of aromatic nitrogens is 7. The fourth-order valence-corrected chi connectivity index (χ4v) is 4.74. The van der Waals surface area contributed by atoms with E-state index < -0.39 is 29.9 Å². The molecule has 1 N–H and O–H groups in total. The Balaban J connectivity index is 1.47. The first kappa shape index (κ1) is 26.8. The molecule has 0 atom stereocenters. The number of rotatable bonds is 7. The molecular formula is C25H22F7N7. The van der Waals surface area contributed by atoms with Crippen molar-refractivity contribution in [3.63, 3.8) is 0 Å². The fraction of sp³-hybridized carbons (Fsp3) is 0.400. The number of benzene rings is 2. The molecule has 2 aromatic carbocycles. The van der Waals surface area contributed by atoms with Crippen LogP contribution in [0.3, 0.4) is 0 Å². The summed E-state index contributed by atoms with van der Waals surface area (Å²) in [5.41, 5.74) is 2.88. The van der Waals surface area contributed by atoms with Gasteiger partial charge in [-0.2, -0.15) is 35.9 Å². The molecule has 0 amide bonds. The molecule has 14 heteroatoms. The molecule has 0 spiro atoms. The van der Waals surface area contributed by atoms with Crippen molar-refractivity contribution in [2.24, 2.45) is 0 Å². The highest BCUT2D eigenvalue weighted by Gasteiger charge is 2.75. The van der Waals surface area contributed by atoms with Gasteiger partial charge in [0, 0.05) is 12.0 Å². The van der Waals surface area contributed by atoms with Gasteiger partial charge in [-0.25, -0.2) is 9.67 Å². The summed E-state index contributed by atoms with van der Waals surface area (Å²) >= 11 is 0. The number of hydrogen-bond donors (Lipinski definition) is 1. The van der Waals surface area contributed by atoms with E-state index in [2.05, 4.69) is 30.7 Å². The van der Waals surface area contributed by atoms with Crippen LogP contribution in [0.4, 0.5) is 30.7 Å². The van der Waals surface area contributed by atoms with E-state index in [1.165, 1.54) is 0 Å². The van der Waals surface area contributed by atoms with Crippen molar-refractivity contribution < 1.29 is 30.7 Å². The van der Waals surface area contributed by atoms with Gasteiger partial charge in [-0.15, -0.1) is 15.3 Å². The molecule has 1 saturated carbocycles. The lowest BCUT2D eigenvalue weighted by molar-refractivity contribution is -0.361. The maximum atomic E-state index is 14.5. The number of aromatic amines is 1. The second kappa shape index (κ2) is 10.0. The standard InChI is InChI=1S/C25H22F7N7/c26-23(27,24(28,29)25(30,31)32)22-33-20(39(36-22)17-6-2-1-3-7-17)14-15-10-12-16(13-11-15)18-8-4-5-9-19(18)21-34-37-38-35-21/h4-5,8-13,17H,1-3,6-7,14H2,(H,34,35,37,38). The minimum Gasteiger partial charge on any atom is -0.246 e. The third-order valence-corrected chi connectivity index (χ3v) is 6.79. The number of nitrogens with one attached hydrogen (secondary N) is 1. The highest BCUT2D eigenvalue weighted by molar-refractivity contribution is 5.80. The molecule has 1 aliphatic carbocycles. The minimum atomic E-state index is -6.47. The third kappa shape index (κ3) is 4.99. The fourth-order valence-electron chi connectivity index (χ4n) is 4.74. The first-order valence-electron chi connectivity index (χ1n) is 12.2. The molecule has 0 bridgehead atoms. The molecule has 0 aliphatic heterocycles. The van der Waals surface area contributed by atoms with Gasteiger partial charge in [-0.3, -0.25) is 0 Å². The molecule has 5 rings (SSSR count). The average Bonchev–Trinajstić information content (AvgIpc) is 3.60. The summed E-state index contributed by atoms with van der Waals surface area (Å²) in [6.45, 7) is 0. The van der Waals surface area contributed by atoms with E-state index in [9.17, 15) is 30.7 Å². The van der Waals surface area contributed by atoms with E-state index >= 15 is 0 Å². The van der Waals surface area contributed by atoms with Crippen molar-refractivity contribution in [3.05, 3.63) is 65.7 Å². The lowest BCUT2D eigenvalue weighted by Crippen LogP contribution is -2.50. The lowest BCUT2D eigenvalue weighted by Gasteiger charge is -2.26. The van der Waals surface area contributed by atoms with Crippen LogP contribution in [0.2, 0.25) is 0 Å². The molecule has 1 aliphatic rings. The largest absolute Gasteiger partial charge is 0.460 e. The Labute approximate surface area is 217 Å². The number of hydrogen-bond acceptors (Lipinski definition) is 5. The van der Waals surface area contributed by atoms with Gasteiger partial charge in [0.15, 0.2) is 0 Å². The Kier molecular flexibility index (Phi) is 6.89. The maximum absolute atomic E-state index is 14.5. The second-order valence-corrected chi connectivity index (χ2v) is 9.39. The van der Waals surface area contributed by atoms with Crippen LogP contribution in [0.25, 0.3) is 22.5 Å². The molecule has 1 fully saturated rings. The Morgan fingerprint density at radius 3 is 2.13 bits per heavy atom. The number of alkyl halides is 7. The molecule has 0 unspecified atom stereocenters. The lowest BCUT2D eigenvalue weighted by atomic mass is 9.95. The van der Waals surface area contributed by atoms with Crippen molar-refractivity contribution in [2.75, 3.05) is 0 Å². The van der Waals surface area contributed by atoms with Crippen molar-refractivity contribution in [2.45, 2.75) is 62.6 Å². The summed E-state index contributed by atoms with van der Waals surface area (Å²) in [7, 11) is 0. The van der Waals surface area contributed by atoms with Gasteiger partial charge in [0.2, 0.25) is 11.6 Å². The molecule has 4 aromatic rings. The van der Waals surface area contributed by atoms with Crippen LogP contribution in [0, 0.1) is 0 Å². The molecule has 2 heterocycles. The molecular weight excluding hydrogens is 531 g/mol. The van der Waals surface area contributed by atoms with Crippen LogP contribution in [0.15, 0.2) is 48.5 Å². The Morgan fingerprint density at radius 2 is 1.51 bits per heavy atom. The summed E-state index contributed by atoms with van der Waals surface area (Å²) in [6, 6.07) is 13.8.